The van der Waals surface area contributed by atoms with Gasteiger partial charge in [-0.3, -0.25) is 0 Å². The molecule has 1 N–H and O–H groups in total. The molecule has 0 aromatic carbocycles. The van der Waals surface area contributed by atoms with Gasteiger partial charge >= 0.3 is 0 Å². The summed E-state index contributed by atoms with van der Waals surface area (Å²) in [6.07, 6.45) is 11.0. The van der Waals surface area contributed by atoms with Gasteiger partial charge in [0.25, 0.3) is 0 Å². The second kappa shape index (κ2) is 7.05. The van der Waals surface area contributed by atoms with E-state index in [4.69, 9.17) is 0 Å². The lowest BCUT2D eigenvalue weighted by molar-refractivity contribution is 0.316. The van der Waals surface area contributed by atoms with E-state index >= 15 is 0 Å². The van der Waals surface area contributed by atoms with Crippen LogP contribution in [0.4, 0.5) is 0 Å². The average molecular weight is 209 g/mol. The van der Waals surface area contributed by atoms with Crippen LogP contribution in [0.2, 0.25) is 0 Å². The maximum atomic E-state index is 3.58. The minimum absolute atomic E-state index is 0.614. The zero-order chi connectivity index (χ0) is 11.1. The van der Waals surface area contributed by atoms with E-state index in [-0.39, 0.29) is 0 Å². The summed E-state index contributed by atoms with van der Waals surface area (Å²) in [6.45, 7) is 7.68. The van der Waals surface area contributed by atoms with Crippen molar-refractivity contribution in [1.29, 1.82) is 0 Å². The maximum absolute atomic E-state index is 3.58. The topological polar surface area (TPSA) is 12.0 Å². The largest absolute Gasteiger partial charge is 0.311 e. The third-order valence-corrected chi connectivity index (χ3v) is 3.31. The van der Waals surface area contributed by atoms with Gasteiger partial charge in [0.05, 0.1) is 0 Å². The van der Waals surface area contributed by atoms with Crippen LogP contribution in [-0.4, -0.2) is 12.6 Å². The van der Waals surface area contributed by atoms with Crippen LogP contribution in [0.25, 0.3) is 0 Å². The minimum Gasteiger partial charge on any atom is -0.311 e. The highest BCUT2D eigenvalue weighted by molar-refractivity contribution is 5.01. The molecule has 88 valence electrons. The van der Waals surface area contributed by atoms with Crippen LogP contribution >= 0.6 is 0 Å². The standard InChI is InChI=1S/C14H27N/c1-4-15-14(10-12(2)3)11-13-8-6-5-7-9-13/h10,13-15H,4-9,11H2,1-3H3. The highest BCUT2D eigenvalue weighted by Crippen LogP contribution is 2.27. The van der Waals surface area contributed by atoms with E-state index in [2.05, 4.69) is 32.2 Å². The van der Waals surface area contributed by atoms with Crippen LogP contribution in [0, 0.1) is 5.92 Å². The van der Waals surface area contributed by atoms with E-state index in [1.54, 1.807) is 0 Å². The van der Waals surface area contributed by atoms with Crippen molar-refractivity contribution in [1.82, 2.24) is 5.32 Å². The summed E-state index contributed by atoms with van der Waals surface area (Å²) in [4.78, 5) is 0. The molecule has 1 aliphatic rings. The molecule has 1 saturated carbocycles. The molecule has 0 amide bonds. The number of allylic oxidation sites excluding steroid dienone is 1. The third-order valence-electron chi connectivity index (χ3n) is 3.31. The van der Waals surface area contributed by atoms with Crippen LogP contribution in [0.15, 0.2) is 11.6 Å². The number of rotatable bonds is 5. The van der Waals surface area contributed by atoms with Crippen molar-refractivity contribution in [2.75, 3.05) is 6.54 Å². The highest BCUT2D eigenvalue weighted by atomic mass is 14.9. The summed E-state index contributed by atoms with van der Waals surface area (Å²) in [5, 5.41) is 3.58. The smallest absolute Gasteiger partial charge is 0.0254 e. The number of nitrogens with one attached hydrogen (secondary N) is 1. The van der Waals surface area contributed by atoms with Crippen molar-refractivity contribution in [2.45, 2.75) is 65.3 Å². The molecule has 1 nitrogen and oxygen atoms in total. The summed E-state index contributed by atoms with van der Waals surface area (Å²) in [5.41, 5.74) is 1.44. The van der Waals surface area contributed by atoms with E-state index in [0.717, 1.165) is 12.5 Å². The molecule has 15 heavy (non-hydrogen) atoms. The molecule has 0 aromatic heterocycles. The first-order valence-electron chi connectivity index (χ1n) is 6.60. The Hall–Kier alpha value is -0.300. The molecule has 0 radical (unpaired) electrons. The predicted octanol–water partition coefficient (Wildman–Crippen LogP) is 3.90. The van der Waals surface area contributed by atoms with Crippen molar-refractivity contribution >= 4 is 0 Å². The van der Waals surface area contributed by atoms with Gasteiger partial charge in [-0.15, -0.1) is 0 Å². The zero-order valence-corrected chi connectivity index (χ0v) is 10.7. The van der Waals surface area contributed by atoms with Crippen LogP contribution in [0.3, 0.4) is 0 Å². The van der Waals surface area contributed by atoms with Gasteiger partial charge in [-0.25, -0.2) is 0 Å². The Labute approximate surface area is 95.3 Å². The normalized spacial score (nSPS) is 19.9. The Morgan fingerprint density at radius 2 is 1.93 bits per heavy atom. The van der Waals surface area contributed by atoms with E-state index in [9.17, 15) is 0 Å². The van der Waals surface area contributed by atoms with Crippen LogP contribution in [0.5, 0.6) is 0 Å². The molecule has 1 rings (SSSR count). The van der Waals surface area contributed by atoms with Gasteiger partial charge in [0.15, 0.2) is 0 Å². The molecule has 1 aliphatic carbocycles. The Kier molecular flexibility index (Phi) is 6.00. The molecule has 0 bridgehead atoms. The third kappa shape index (κ3) is 5.36. The van der Waals surface area contributed by atoms with Gasteiger partial charge in [-0.2, -0.15) is 0 Å². The number of hydrogen-bond donors (Lipinski definition) is 1. The van der Waals surface area contributed by atoms with E-state index < -0.39 is 0 Å². The van der Waals surface area contributed by atoms with Gasteiger partial charge < -0.3 is 5.32 Å². The van der Waals surface area contributed by atoms with Crippen molar-refractivity contribution in [3.05, 3.63) is 11.6 Å². The first kappa shape index (κ1) is 12.8. The fourth-order valence-corrected chi connectivity index (χ4v) is 2.66. The fraction of sp³-hybridized carbons (Fsp3) is 0.857. The van der Waals surface area contributed by atoms with Crippen LogP contribution < -0.4 is 5.32 Å². The van der Waals surface area contributed by atoms with Gasteiger partial charge in [-0.05, 0) is 32.7 Å². The second-order valence-corrected chi connectivity index (χ2v) is 5.15. The lowest BCUT2D eigenvalue weighted by Gasteiger charge is -2.25. The molecule has 0 heterocycles. The minimum atomic E-state index is 0.614. The van der Waals surface area contributed by atoms with Crippen molar-refractivity contribution in [3.63, 3.8) is 0 Å². The van der Waals surface area contributed by atoms with Gasteiger partial charge in [0, 0.05) is 6.04 Å². The predicted molar refractivity (Wildman–Crippen MR) is 68.1 cm³/mol. The lowest BCUT2D eigenvalue weighted by atomic mass is 9.84. The SMILES string of the molecule is CCNC(C=C(C)C)CC1CCCCC1. The maximum Gasteiger partial charge on any atom is 0.0254 e. The Morgan fingerprint density at radius 1 is 1.27 bits per heavy atom. The second-order valence-electron chi connectivity index (χ2n) is 5.15. The van der Waals surface area contributed by atoms with Crippen molar-refractivity contribution in [3.8, 4) is 0 Å². The van der Waals surface area contributed by atoms with E-state index in [1.165, 1.54) is 44.1 Å². The first-order valence-corrected chi connectivity index (χ1v) is 6.60. The molecule has 1 heteroatoms. The number of hydrogen-bond acceptors (Lipinski definition) is 1. The Morgan fingerprint density at radius 3 is 2.47 bits per heavy atom. The monoisotopic (exact) mass is 209 g/mol. The first-order chi connectivity index (χ1) is 7.22. The summed E-state index contributed by atoms with van der Waals surface area (Å²) in [5.74, 6) is 0.971. The Bertz CT molecular complexity index is 186. The lowest BCUT2D eigenvalue weighted by Crippen LogP contribution is -2.30. The van der Waals surface area contributed by atoms with Crippen LogP contribution in [0.1, 0.15) is 59.3 Å². The summed E-state index contributed by atoms with van der Waals surface area (Å²) in [6, 6.07) is 0.614. The highest BCUT2D eigenvalue weighted by Gasteiger charge is 2.16. The number of likely N-dealkylation sites (N-methyl/N-ethyl adjacent to an activating group) is 1. The Balaban J connectivity index is 2.38. The molecule has 0 aliphatic heterocycles. The fourth-order valence-electron chi connectivity index (χ4n) is 2.66. The van der Waals surface area contributed by atoms with Crippen molar-refractivity contribution < 1.29 is 0 Å². The molecule has 1 atom stereocenters. The van der Waals surface area contributed by atoms with E-state index in [1.807, 2.05) is 0 Å². The quantitative estimate of drug-likeness (QED) is 0.677. The molecule has 1 fully saturated rings. The summed E-state index contributed by atoms with van der Waals surface area (Å²) in [7, 11) is 0. The van der Waals surface area contributed by atoms with Gasteiger partial charge in [0.1, 0.15) is 0 Å². The molecule has 0 aromatic rings. The molecule has 1 unspecified atom stereocenters. The summed E-state index contributed by atoms with van der Waals surface area (Å²) < 4.78 is 0. The molecular formula is C14H27N. The van der Waals surface area contributed by atoms with E-state index in [0.29, 0.717) is 6.04 Å². The van der Waals surface area contributed by atoms with Crippen LogP contribution in [-0.2, 0) is 0 Å². The molecular weight excluding hydrogens is 182 g/mol. The molecule has 0 spiro atoms. The summed E-state index contributed by atoms with van der Waals surface area (Å²) >= 11 is 0. The van der Waals surface area contributed by atoms with Crippen molar-refractivity contribution in [2.24, 2.45) is 5.92 Å². The zero-order valence-electron chi connectivity index (χ0n) is 10.7. The average Bonchev–Trinajstić information content (AvgIpc) is 2.18. The van der Waals surface area contributed by atoms with Gasteiger partial charge in [-0.1, -0.05) is 50.7 Å². The molecule has 0 saturated heterocycles. The van der Waals surface area contributed by atoms with Gasteiger partial charge in [0.2, 0.25) is 0 Å².